The van der Waals surface area contributed by atoms with Gasteiger partial charge in [-0.2, -0.15) is 13.2 Å². The lowest BCUT2D eigenvalue weighted by molar-refractivity contribution is -0.752. The maximum absolute atomic E-state index is 13.0. The van der Waals surface area contributed by atoms with Gasteiger partial charge in [-0.05, 0) is 23.7 Å². The van der Waals surface area contributed by atoms with Crippen molar-refractivity contribution in [2.75, 3.05) is 0 Å². The average molecular weight is 376 g/mol. The zero-order valence-electron chi connectivity index (χ0n) is 13.4. The molecular weight excluding hydrogens is 362 g/mol. The Hall–Kier alpha value is -3.11. The topological polar surface area (TPSA) is 104 Å². The molecule has 0 saturated carbocycles. The number of halogens is 4. The Morgan fingerprint density at radius 3 is 2.27 bits per heavy atom. The van der Waals surface area contributed by atoms with Gasteiger partial charge in [-0.1, -0.05) is 4.68 Å². The molecule has 2 rings (SSSR count). The summed E-state index contributed by atoms with van der Waals surface area (Å²) < 4.78 is 46.2. The molecule has 0 aliphatic carbocycles. The van der Waals surface area contributed by atoms with Crippen molar-refractivity contribution in [3.63, 3.8) is 0 Å². The molecule has 2 aromatic rings. The second-order valence-corrected chi connectivity index (χ2v) is 4.94. The number of hydrogen-bond donors (Lipinski definition) is 2. The van der Waals surface area contributed by atoms with Crippen LogP contribution in [0, 0.1) is 12.7 Å². The summed E-state index contributed by atoms with van der Waals surface area (Å²) in [6, 6.07) is 3.19. The van der Waals surface area contributed by atoms with Crippen LogP contribution in [-0.4, -0.2) is 38.4 Å². The summed E-state index contributed by atoms with van der Waals surface area (Å²) in [5.41, 5.74) is 2.16. The van der Waals surface area contributed by atoms with Crippen molar-refractivity contribution in [1.82, 2.24) is 10.1 Å². The minimum Gasteiger partial charge on any atom is -0.481 e. The number of aryl methyl sites for hydroxylation is 2. The number of carboxylic acids is 2. The SMILES string of the molecule is Cc1cc(F)cnc1-c1cc[n+](CCC(=O)O)nc1.O=C(O)C(F)(F)F. The van der Waals surface area contributed by atoms with Crippen LogP contribution in [0.25, 0.3) is 11.3 Å². The number of nitrogens with zero attached hydrogens (tertiary/aromatic N) is 3. The van der Waals surface area contributed by atoms with E-state index in [0.29, 0.717) is 12.2 Å². The molecule has 7 nitrogen and oxygen atoms in total. The smallest absolute Gasteiger partial charge is 0.481 e. The molecular formula is C15H14F4N3O4+. The summed E-state index contributed by atoms with van der Waals surface area (Å²) in [7, 11) is 0. The second-order valence-electron chi connectivity index (χ2n) is 4.94. The van der Waals surface area contributed by atoms with Crippen molar-refractivity contribution in [2.24, 2.45) is 0 Å². The number of alkyl halides is 3. The Bertz CT molecular complexity index is 779. The standard InChI is InChI=1S/C13H12FN3O2.C2HF3O2/c1-9-6-11(14)8-15-13(9)10-2-4-17(16-7-10)5-3-12(18)19;3-2(4,5)1(6)7/h2,4,6-8H,3,5H2,1H3;(H,6,7)/p+1. The molecule has 26 heavy (non-hydrogen) atoms. The van der Waals surface area contributed by atoms with Gasteiger partial charge in [0.1, 0.15) is 18.4 Å². The number of aliphatic carboxylic acids is 2. The van der Waals surface area contributed by atoms with Crippen molar-refractivity contribution in [2.45, 2.75) is 26.1 Å². The largest absolute Gasteiger partial charge is 0.490 e. The van der Waals surface area contributed by atoms with Crippen LogP contribution in [-0.2, 0) is 16.1 Å². The first-order valence-electron chi connectivity index (χ1n) is 7.01. The zero-order valence-corrected chi connectivity index (χ0v) is 13.4. The van der Waals surface area contributed by atoms with E-state index in [9.17, 15) is 22.4 Å². The lowest BCUT2D eigenvalue weighted by Gasteiger charge is -2.03. The number of pyridine rings is 1. The van der Waals surface area contributed by atoms with E-state index in [0.717, 1.165) is 17.3 Å². The van der Waals surface area contributed by atoms with E-state index in [1.165, 1.54) is 10.7 Å². The highest BCUT2D eigenvalue weighted by Gasteiger charge is 2.38. The Morgan fingerprint density at radius 2 is 1.85 bits per heavy atom. The van der Waals surface area contributed by atoms with Gasteiger partial charge in [-0.25, -0.2) is 9.18 Å². The van der Waals surface area contributed by atoms with Crippen LogP contribution in [0.2, 0.25) is 0 Å². The van der Waals surface area contributed by atoms with Crippen LogP contribution >= 0.6 is 0 Å². The molecule has 2 aromatic heterocycles. The Balaban J connectivity index is 0.000000412. The summed E-state index contributed by atoms with van der Waals surface area (Å²) in [6.07, 6.45) is -0.628. The molecule has 2 heterocycles. The third kappa shape index (κ3) is 6.79. The van der Waals surface area contributed by atoms with E-state index >= 15 is 0 Å². The Morgan fingerprint density at radius 1 is 1.23 bits per heavy atom. The van der Waals surface area contributed by atoms with Gasteiger partial charge >= 0.3 is 18.1 Å². The van der Waals surface area contributed by atoms with E-state index in [2.05, 4.69) is 10.1 Å². The monoisotopic (exact) mass is 376 g/mol. The van der Waals surface area contributed by atoms with Crippen LogP contribution in [0.15, 0.2) is 30.7 Å². The molecule has 0 bridgehead atoms. The van der Waals surface area contributed by atoms with E-state index < -0.39 is 18.1 Å². The van der Waals surface area contributed by atoms with Crippen molar-refractivity contribution >= 4 is 11.9 Å². The Kier molecular flexibility index (Phi) is 7.11. The van der Waals surface area contributed by atoms with Crippen LogP contribution in [0.3, 0.4) is 0 Å². The van der Waals surface area contributed by atoms with E-state index in [1.54, 1.807) is 25.4 Å². The van der Waals surface area contributed by atoms with Gasteiger partial charge in [-0.15, -0.1) is 0 Å². The summed E-state index contributed by atoms with van der Waals surface area (Å²) in [5.74, 6) is -4.00. The van der Waals surface area contributed by atoms with Crippen LogP contribution in [0.1, 0.15) is 12.0 Å². The average Bonchev–Trinajstić information content (AvgIpc) is 2.53. The molecule has 140 valence electrons. The van der Waals surface area contributed by atoms with Gasteiger partial charge in [0.25, 0.3) is 0 Å². The highest BCUT2D eigenvalue weighted by Crippen LogP contribution is 2.19. The molecule has 11 heteroatoms. The van der Waals surface area contributed by atoms with E-state index in [4.69, 9.17) is 15.0 Å². The van der Waals surface area contributed by atoms with Crippen LogP contribution in [0.5, 0.6) is 0 Å². The second kappa shape index (κ2) is 8.83. The lowest BCUT2D eigenvalue weighted by atomic mass is 10.1. The maximum Gasteiger partial charge on any atom is 0.490 e. The fourth-order valence-corrected chi connectivity index (χ4v) is 1.71. The highest BCUT2D eigenvalue weighted by atomic mass is 19.4. The van der Waals surface area contributed by atoms with Gasteiger partial charge in [0, 0.05) is 11.6 Å². The predicted octanol–water partition coefficient (Wildman–Crippen LogP) is 1.99. The molecule has 0 aromatic carbocycles. The van der Waals surface area contributed by atoms with Crippen molar-refractivity contribution in [1.29, 1.82) is 0 Å². The normalized spacial score (nSPS) is 10.7. The molecule has 0 unspecified atom stereocenters. The van der Waals surface area contributed by atoms with Gasteiger partial charge in [0.05, 0.1) is 11.9 Å². The quantitative estimate of drug-likeness (QED) is 0.625. The third-order valence-electron chi connectivity index (χ3n) is 2.89. The lowest BCUT2D eigenvalue weighted by Crippen LogP contribution is -2.38. The summed E-state index contributed by atoms with van der Waals surface area (Å²) in [5, 5.41) is 19.8. The predicted molar refractivity (Wildman–Crippen MR) is 78.3 cm³/mol. The maximum atomic E-state index is 13.0. The van der Waals surface area contributed by atoms with Crippen molar-refractivity contribution < 1.29 is 42.0 Å². The van der Waals surface area contributed by atoms with Crippen LogP contribution < -0.4 is 4.68 Å². The summed E-state index contributed by atoms with van der Waals surface area (Å²) in [6.45, 7) is 2.09. The number of carboxylic acid groups (broad SMARTS) is 2. The van der Waals surface area contributed by atoms with Gasteiger partial charge in [-0.3, -0.25) is 9.78 Å². The minimum absolute atomic E-state index is 0.0187. The summed E-state index contributed by atoms with van der Waals surface area (Å²) >= 11 is 0. The number of aromatic nitrogens is 3. The van der Waals surface area contributed by atoms with E-state index in [1.807, 2.05) is 0 Å². The first-order valence-corrected chi connectivity index (χ1v) is 7.01. The molecule has 0 spiro atoms. The zero-order chi connectivity index (χ0) is 19.9. The Labute approximate surface area is 144 Å². The fraction of sp³-hybridized carbons (Fsp3) is 0.267. The molecule has 2 N–H and O–H groups in total. The summed E-state index contributed by atoms with van der Waals surface area (Å²) in [4.78, 5) is 23.4. The van der Waals surface area contributed by atoms with Gasteiger partial charge in [0.2, 0.25) is 0 Å². The van der Waals surface area contributed by atoms with Crippen LogP contribution in [0.4, 0.5) is 17.6 Å². The number of carbonyl (C=O) groups is 2. The van der Waals surface area contributed by atoms with E-state index in [-0.39, 0.29) is 12.2 Å². The number of rotatable bonds is 4. The van der Waals surface area contributed by atoms with Gasteiger partial charge < -0.3 is 10.2 Å². The highest BCUT2D eigenvalue weighted by molar-refractivity contribution is 5.73. The van der Waals surface area contributed by atoms with Crippen molar-refractivity contribution in [3.8, 4) is 11.3 Å². The minimum atomic E-state index is -5.08. The molecule has 0 amide bonds. The number of hydrogen-bond acceptors (Lipinski definition) is 4. The third-order valence-corrected chi connectivity index (χ3v) is 2.89. The molecule has 0 atom stereocenters. The molecule has 0 aliphatic heterocycles. The first kappa shape index (κ1) is 20.9. The van der Waals surface area contributed by atoms with Crippen molar-refractivity contribution in [3.05, 3.63) is 42.1 Å². The molecule has 0 aliphatic rings. The van der Waals surface area contributed by atoms with Gasteiger partial charge in [0.15, 0.2) is 12.7 Å². The fourth-order valence-electron chi connectivity index (χ4n) is 1.71. The molecule has 0 saturated heterocycles. The molecule has 0 fully saturated rings. The molecule has 0 radical (unpaired) electrons. The first-order chi connectivity index (χ1) is 12.0.